The largest absolute Gasteiger partial charge is 0.497 e. The highest BCUT2D eigenvalue weighted by Gasteiger charge is 2.19. The molecule has 1 atom stereocenters. The zero-order valence-corrected chi connectivity index (χ0v) is 16.9. The van der Waals surface area contributed by atoms with Gasteiger partial charge in [0.05, 0.1) is 12.4 Å². The van der Waals surface area contributed by atoms with E-state index in [2.05, 4.69) is 15.5 Å². The maximum absolute atomic E-state index is 12.4. The van der Waals surface area contributed by atoms with Crippen molar-refractivity contribution >= 4 is 23.4 Å². The number of carbonyl (C=O) groups excluding carboxylic acids is 1. The van der Waals surface area contributed by atoms with E-state index in [1.165, 1.54) is 16.4 Å². The molecule has 7 nitrogen and oxygen atoms in total. The van der Waals surface area contributed by atoms with Gasteiger partial charge in [-0.1, -0.05) is 41.6 Å². The third-order valence-corrected chi connectivity index (χ3v) is 5.28. The van der Waals surface area contributed by atoms with Crippen molar-refractivity contribution in [3.05, 3.63) is 65.5 Å². The number of nitrogens with two attached hydrogens (primary N) is 1. The van der Waals surface area contributed by atoms with Gasteiger partial charge in [0.25, 0.3) is 0 Å². The number of benzene rings is 2. The van der Waals surface area contributed by atoms with Crippen LogP contribution in [0.1, 0.15) is 23.9 Å². The third-order valence-electron chi connectivity index (χ3n) is 4.23. The van der Waals surface area contributed by atoms with Gasteiger partial charge in [-0.05, 0) is 43.7 Å². The summed E-state index contributed by atoms with van der Waals surface area (Å²) >= 11 is 1.27. The quantitative estimate of drug-likeness (QED) is 0.470. The van der Waals surface area contributed by atoms with Gasteiger partial charge < -0.3 is 15.9 Å². The van der Waals surface area contributed by atoms with Gasteiger partial charge in [-0.3, -0.25) is 4.79 Å². The van der Waals surface area contributed by atoms with Crippen LogP contribution < -0.4 is 15.9 Å². The van der Waals surface area contributed by atoms with E-state index >= 15 is 0 Å². The number of methoxy groups -OCH3 is 1. The SMILES string of the molecule is COc1ccc(Cc2nnc(S[C@@H](C)C(=O)Nc3ccc(C)cc3)n2N)cc1. The molecule has 1 heterocycles. The zero-order chi connectivity index (χ0) is 20.1. The molecule has 0 fully saturated rings. The normalized spacial score (nSPS) is 11.8. The number of carbonyl (C=O) groups is 1. The molecule has 3 rings (SSSR count). The Bertz CT molecular complexity index is 938. The zero-order valence-electron chi connectivity index (χ0n) is 16.0. The Morgan fingerprint density at radius 2 is 1.86 bits per heavy atom. The molecule has 28 heavy (non-hydrogen) atoms. The van der Waals surface area contributed by atoms with Crippen LogP contribution >= 0.6 is 11.8 Å². The molecular formula is C20H23N5O2S. The minimum Gasteiger partial charge on any atom is -0.497 e. The molecule has 8 heteroatoms. The predicted octanol–water partition coefficient (Wildman–Crippen LogP) is 3.02. The first kappa shape index (κ1) is 19.8. The van der Waals surface area contributed by atoms with Crippen molar-refractivity contribution in [2.75, 3.05) is 18.3 Å². The molecule has 0 saturated heterocycles. The molecule has 0 spiro atoms. The molecule has 0 aliphatic carbocycles. The van der Waals surface area contributed by atoms with Crippen LogP contribution in [0.4, 0.5) is 5.69 Å². The molecule has 1 amide bonds. The number of anilines is 1. The fourth-order valence-electron chi connectivity index (χ4n) is 2.53. The van der Waals surface area contributed by atoms with Gasteiger partial charge >= 0.3 is 0 Å². The summed E-state index contributed by atoms with van der Waals surface area (Å²) in [4.78, 5) is 12.4. The van der Waals surface area contributed by atoms with Crippen LogP contribution in [0.25, 0.3) is 0 Å². The Kier molecular flexibility index (Phi) is 6.20. The van der Waals surface area contributed by atoms with Gasteiger partial charge in [-0.15, -0.1) is 10.2 Å². The van der Waals surface area contributed by atoms with E-state index in [0.29, 0.717) is 17.4 Å². The Labute approximate surface area is 168 Å². The van der Waals surface area contributed by atoms with Crippen molar-refractivity contribution in [2.24, 2.45) is 0 Å². The van der Waals surface area contributed by atoms with E-state index < -0.39 is 0 Å². The Balaban J connectivity index is 1.62. The van der Waals surface area contributed by atoms with Gasteiger partial charge in [0, 0.05) is 12.1 Å². The molecule has 0 saturated carbocycles. The summed E-state index contributed by atoms with van der Waals surface area (Å²) in [6.45, 7) is 3.81. The molecule has 0 bridgehead atoms. The highest BCUT2D eigenvalue weighted by molar-refractivity contribution is 8.00. The number of hydrogen-bond acceptors (Lipinski definition) is 6. The van der Waals surface area contributed by atoms with Crippen molar-refractivity contribution in [1.82, 2.24) is 14.9 Å². The maximum atomic E-state index is 12.4. The van der Waals surface area contributed by atoms with Crippen LogP contribution in [-0.2, 0) is 11.2 Å². The fraction of sp³-hybridized carbons (Fsp3) is 0.250. The number of aromatic nitrogens is 3. The van der Waals surface area contributed by atoms with Crippen molar-refractivity contribution in [2.45, 2.75) is 30.7 Å². The van der Waals surface area contributed by atoms with Crippen molar-refractivity contribution in [3.63, 3.8) is 0 Å². The summed E-state index contributed by atoms with van der Waals surface area (Å²) < 4.78 is 6.60. The molecule has 3 N–H and O–H groups in total. The van der Waals surface area contributed by atoms with E-state index in [4.69, 9.17) is 10.6 Å². The number of aryl methyl sites for hydroxylation is 1. The number of ether oxygens (including phenoxy) is 1. The Morgan fingerprint density at radius 3 is 2.50 bits per heavy atom. The van der Waals surface area contributed by atoms with Crippen LogP contribution in [0.15, 0.2) is 53.7 Å². The first-order chi connectivity index (χ1) is 13.5. The summed E-state index contributed by atoms with van der Waals surface area (Å²) in [5, 5.41) is 11.3. The van der Waals surface area contributed by atoms with Crippen LogP contribution in [-0.4, -0.2) is 33.1 Å². The lowest BCUT2D eigenvalue weighted by atomic mass is 10.1. The second-order valence-electron chi connectivity index (χ2n) is 6.41. The molecule has 3 aromatic rings. The number of nitrogens with one attached hydrogen (secondary N) is 1. The van der Waals surface area contributed by atoms with E-state index in [1.807, 2.05) is 62.4 Å². The van der Waals surface area contributed by atoms with Crippen LogP contribution in [0.3, 0.4) is 0 Å². The number of hydrogen-bond donors (Lipinski definition) is 2. The monoisotopic (exact) mass is 397 g/mol. The smallest absolute Gasteiger partial charge is 0.237 e. The lowest BCUT2D eigenvalue weighted by Gasteiger charge is -2.11. The fourth-order valence-corrected chi connectivity index (χ4v) is 3.32. The molecule has 2 aromatic carbocycles. The molecule has 1 aromatic heterocycles. The van der Waals surface area contributed by atoms with Gasteiger partial charge in [-0.2, -0.15) is 0 Å². The number of nitrogen functional groups attached to an aromatic ring is 1. The van der Waals surface area contributed by atoms with E-state index in [9.17, 15) is 4.79 Å². The Hall–Kier alpha value is -3.00. The molecule has 146 valence electrons. The molecular weight excluding hydrogens is 374 g/mol. The average molecular weight is 398 g/mol. The number of amides is 1. The lowest BCUT2D eigenvalue weighted by molar-refractivity contribution is -0.115. The average Bonchev–Trinajstić information content (AvgIpc) is 3.03. The highest BCUT2D eigenvalue weighted by atomic mass is 32.2. The summed E-state index contributed by atoms with van der Waals surface area (Å²) in [6, 6.07) is 15.4. The number of thioether (sulfide) groups is 1. The van der Waals surface area contributed by atoms with Crippen LogP contribution in [0, 0.1) is 6.92 Å². The first-order valence-electron chi connectivity index (χ1n) is 8.82. The van der Waals surface area contributed by atoms with Crippen molar-refractivity contribution < 1.29 is 9.53 Å². The second-order valence-corrected chi connectivity index (χ2v) is 7.72. The van der Waals surface area contributed by atoms with E-state index in [1.54, 1.807) is 7.11 Å². The minimum atomic E-state index is -0.373. The Morgan fingerprint density at radius 1 is 1.18 bits per heavy atom. The topological polar surface area (TPSA) is 95.1 Å². The van der Waals surface area contributed by atoms with Crippen molar-refractivity contribution in [1.29, 1.82) is 0 Å². The molecule has 0 aliphatic heterocycles. The molecule has 0 radical (unpaired) electrons. The minimum absolute atomic E-state index is 0.117. The highest BCUT2D eigenvalue weighted by Crippen LogP contribution is 2.23. The van der Waals surface area contributed by atoms with Gasteiger partial charge in [0.1, 0.15) is 5.75 Å². The lowest BCUT2D eigenvalue weighted by Crippen LogP contribution is -2.24. The van der Waals surface area contributed by atoms with E-state index in [-0.39, 0.29) is 11.2 Å². The van der Waals surface area contributed by atoms with Crippen LogP contribution in [0.2, 0.25) is 0 Å². The number of rotatable bonds is 7. The third kappa shape index (κ3) is 4.83. The predicted molar refractivity (Wildman–Crippen MR) is 111 cm³/mol. The molecule has 0 unspecified atom stereocenters. The first-order valence-corrected chi connectivity index (χ1v) is 9.70. The summed E-state index contributed by atoms with van der Waals surface area (Å²) in [7, 11) is 1.63. The van der Waals surface area contributed by atoms with Gasteiger partial charge in [-0.25, -0.2) is 4.68 Å². The van der Waals surface area contributed by atoms with Gasteiger partial charge in [0.2, 0.25) is 11.1 Å². The molecule has 0 aliphatic rings. The van der Waals surface area contributed by atoms with Gasteiger partial charge in [0.15, 0.2) is 5.82 Å². The summed E-state index contributed by atoms with van der Waals surface area (Å²) in [5.74, 6) is 7.44. The second kappa shape index (κ2) is 8.79. The van der Waals surface area contributed by atoms with Crippen LogP contribution in [0.5, 0.6) is 5.75 Å². The maximum Gasteiger partial charge on any atom is 0.237 e. The number of nitrogens with zero attached hydrogens (tertiary/aromatic N) is 3. The summed E-state index contributed by atoms with van der Waals surface area (Å²) in [6.07, 6.45) is 0.540. The standard InChI is InChI=1S/C20H23N5O2S/c1-13-4-8-16(9-5-13)22-19(26)14(2)28-20-24-23-18(25(20)21)12-15-6-10-17(27-3)11-7-15/h4-11,14H,12,21H2,1-3H3,(H,22,26)/t14-/m0/s1. The summed E-state index contributed by atoms with van der Waals surface area (Å²) in [5.41, 5.74) is 2.94. The van der Waals surface area contributed by atoms with Crippen molar-refractivity contribution in [3.8, 4) is 5.75 Å². The van der Waals surface area contributed by atoms with E-state index in [0.717, 1.165) is 22.6 Å².